The molecule has 2 fully saturated rings. The highest BCUT2D eigenvalue weighted by Crippen LogP contribution is 2.53. The number of fused-ring (bicyclic) bond motifs is 2. The highest BCUT2D eigenvalue weighted by molar-refractivity contribution is 5.21. The minimum Gasteiger partial charge on any atom is -0.370 e. The van der Waals surface area contributed by atoms with E-state index in [1.165, 1.54) is 11.1 Å². The Balaban J connectivity index is 1.45. The first kappa shape index (κ1) is 14.9. The Kier molecular flexibility index (Phi) is 3.74. The fourth-order valence-corrected chi connectivity index (χ4v) is 4.17. The lowest BCUT2D eigenvalue weighted by atomic mass is 9.78. The van der Waals surface area contributed by atoms with E-state index in [0.717, 1.165) is 25.7 Å². The topological polar surface area (TPSA) is 18.5 Å². The minimum absolute atomic E-state index is 0.0303. The molecule has 2 nitrogen and oxygen atoms in total. The highest BCUT2D eigenvalue weighted by Gasteiger charge is 2.59. The monoisotopic (exact) mass is 308 g/mol. The van der Waals surface area contributed by atoms with Crippen LogP contribution in [0.3, 0.4) is 0 Å². The number of hydrogen-bond acceptors (Lipinski definition) is 2. The first-order chi connectivity index (χ1) is 11.2. The third kappa shape index (κ3) is 2.93. The quantitative estimate of drug-likeness (QED) is 0.808. The molecule has 0 saturated carbocycles. The van der Waals surface area contributed by atoms with Crippen LogP contribution >= 0.6 is 0 Å². The van der Waals surface area contributed by atoms with Crippen molar-refractivity contribution in [1.29, 1.82) is 0 Å². The molecule has 2 heteroatoms. The standard InChI is InChI=1S/C21H24O2/c1-20-12-13-21(23-20,14-17-8-4-2-5-9-17)15-19(20)22-16-18-10-6-3-7-11-18/h2-11,19H,12-16H2,1H3. The molecule has 120 valence electrons. The van der Waals surface area contributed by atoms with Crippen molar-refractivity contribution in [3.8, 4) is 0 Å². The molecule has 0 radical (unpaired) electrons. The summed E-state index contributed by atoms with van der Waals surface area (Å²) in [7, 11) is 0. The zero-order valence-corrected chi connectivity index (χ0v) is 13.7. The maximum atomic E-state index is 6.53. The summed E-state index contributed by atoms with van der Waals surface area (Å²) in [4.78, 5) is 0. The summed E-state index contributed by atoms with van der Waals surface area (Å²) in [5.41, 5.74) is 2.44. The second kappa shape index (κ2) is 5.77. The molecule has 0 aliphatic carbocycles. The van der Waals surface area contributed by atoms with Crippen molar-refractivity contribution in [1.82, 2.24) is 0 Å². The van der Waals surface area contributed by atoms with Crippen LogP contribution in [-0.4, -0.2) is 17.3 Å². The average Bonchev–Trinajstić information content (AvgIpc) is 3.05. The van der Waals surface area contributed by atoms with Gasteiger partial charge < -0.3 is 9.47 Å². The zero-order chi connectivity index (χ0) is 15.8. The van der Waals surface area contributed by atoms with Crippen molar-refractivity contribution < 1.29 is 9.47 Å². The summed E-state index contributed by atoms with van der Waals surface area (Å²) >= 11 is 0. The molecule has 0 spiro atoms. The van der Waals surface area contributed by atoms with E-state index < -0.39 is 0 Å². The van der Waals surface area contributed by atoms with Crippen LogP contribution < -0.4 is 0 Å². The number of hydrogen-bond donors (Lipinski definition) is 0. The molecular weight excluding hydrogens is 284 g/mol. The lowest BCUT2D eigenvalue weighted by Gasteiger charge is -2.30. The highest BCUT2D eigenvalue weighted by atomic mass is 16.6. The fourth-order valence-electron chi connectivity index (χ4n) is 4.17. The van der Waals surface area contributed by atoms with Gasteiger partial charge in [-0.05, 0) is 30.9 Å². The third-order valence-electron chi connectivity index (χ3n) is 5.43. The molecule has 0 N–H and O–H groups in total. The maximum Gasteiger partial charge on any atom is 0.0925 e. The Hall–Kier alpha value is -1.64. The lowest BCUT2D eigenvalue weighted by molar-refractivity contribution is -0.0858. The number of ether oxygens (including phenoxy) is 2. The molecule has 2 aromatic rings. The third-order valence-corrected chi connectivity index (χ3v) is 5.43. The second-order valence-electron chi connectivity index (χ2n) is 7.25. The van der Waals surface area contributed by atoms with E-state index >= 15 is 0 Å². The van der Waals surface area contributed by atoms with Crippen molar-refractivity contribution in [2.75, 3.05) is 0 Å². The Bertz CT molecular complexity index is 654. The van der Waals surface area contributed by atoms with Crippen LogP contribution in [0.15, 0.2) is 60.7 Å². The first-order valence-electron chi connectivity index (χ1n) is 8.57. The van der Waals surface area contributed by atoms with Gasteiger partial charge in [-0.15, -0.1) is 0 Å². The van der Waals surface area contributed by atoms with Crippen molar-refractivity contribution in [3.05, 3.63) is 71.8 Å². The van der Waals surface area contributed by atoms with Gasteiger partial charge in [-0.2, -0.15) is 0 Å². The van der Waals surface area contributed by atoms with Crippen molar-refractivity contribution in [3.63, 3.8) is 0 Å². The van der Waals surface area contributed by atoms with Gasteiger partial charge in [0, 0.05) is 12.8 Å². The normalized spacial score (nSPS) is 32.3. The summed E-state index contributed by atoms with van der Waals surface area (Å²) in [5, 5.41) is 0. The summed E-state index contributed by atoms with van der Waals surface area (Å²) in [6.45, 7) is 2.90. The number of rotatable bonds is 5. The molecule has 3 unspecified atom stereocenters. The van der Waals surface area contributed by atoms with Crippen LogP contribution in [0.5, 0.6) is 0 Å². The van der Waals surface area contributed by atoms with Crippen LogP contribution in [0.4, 0.5) is 0 Å². The van der Waals surface area contributed by atoms with Crippen LogP contribution in [0.25, 0.3) is 0 Å². The van der Waals surface area contributed by atoms with Crippen LogP contribution in [0.1, 0.15) is 37.3 Å². The van der Waals surface area contributed by atoms with Gasteiger partial charge in [0.05, 0.1) is 23.9 Å². The van der Waals surface area contributed by atoms with Gasteiger partial charge in [-0.25, -0.2) is 0 Å². The minimum atomic E-state index is -0.121. The summed E-state index contributed by atoms with van der Waals surface area (Å²) in [6.07, 6.45) is 4.43. The van der Waals surface area contributed by atoms with Gasteiger partial charge in [-0.1, -0.05) is 60.7 Å². The summed E-state index contributed by atoms with van der Waals surface area (Å²) in [5.74, 6) is 0. The molecular formula is C21H24O2. The summed E-state index contributed by atoms with van der Waals surface area (Å²) < 4.78 is 12.8. The van der Waals surface area contributed by atoms with Crippen molar-refractivity contribution >= 4 is 0 Å². The SMILES string of the molecule is CC12CCC(Cc3ccccc3)(CC1OCc1ccccc1)O2. The predicted molar refractivity (Wildman–Crippen MR) is 91.2 cm³/mol. The van der Waals surface area contributed by atoms with Crippen LogP contribution in [0.2, 0.25) is 0 Å². The molecule has 0 amide bonds. The molecule has 2 saturated heterocycles. The van der Waals surface area contributed by atoms with Gasteiger partial charge >= 0.3 is 0 Å². The number of benzene rings is 2. The molecule has 2 aromatic carbocycles. The van der Waals surface area contributed by atoms with Crippen LogP contribution in [0, 0.1) is 0 Å². The predicted octanol–water partition coefficient (Wildman–Crippen LogP) is 4.53. The molecule has 3 atom stereocenters. The van der Waals surface area contributed by atoms with E-state index in [2.05, 4.69) is 61.5 Å². The molecule has 0 aromatic heterocycles. The molecule has 2 bridgehead atoms. The molecule has 2 heterocycles. The average molecular weight is 308 g/mol. The maximum absolute atomic E-state index is 6.53. The van der Waals surface area contributed by atoms with E-state index in [1.807, 2.05) is 6.07 Å². The van der Waals surface area contributed by atoms with Gasteiger partial charge in [0.25, 0.3) is 0 Å². The van der Waals surface area contributed by atoms with Crippen LogP contribution in [-0.2, 0) is 22.5 Å². The Morgan fingerprint density at radius 3 is 2.30 bits per heavy atom. The van der Waals surface area contributed by atoms with Gasteiger partial charge in [0.1, 0.15) is 0 Å². The summed E-state index contributed by atoms with van der Waals surface area (Å²) in [6, 6.07) is 21.1. The largest absolute Gasteiger partial charge is 0.370 e. The van der Waals surface area contributed by atoms with Gasteiger partial charge in [0.2, 0.25) is 0 Å². The van der Waals surface area contributed by atoms with Crippen molar-refractivity contribution in [2.24, 2.45) is 0 Å². The molecule has 2 aliphatic rings. The van der Waals surface area contributed by atoms with E-state index in [4.69, 9.17) is 9.47 Å². The van der Waals surface area contributed by atoms with E-state index in [0.29, 0.717) is 6.61 Å². The smallest absolute Gasteiger partial charge is 0.0925 e. The molecule has 2 aliphatic heterocycles. The second-order valence-corrected chi connectivity index (χ2v) is 7.25. The van der Waals surface area contributed by atoms with Crippen molar-refractivity contribution in [2.45, 2.75) is 56.5 Å². The Labute approximate surface area is 138 Å². The van der Waals surface area contributed by atoms with Gasteiger partial charge in [0.15, 0.2) is 0 Å². The molecule has 4 rings (SSSR count). The first-order valence-corrected chi connectivity index (χ1v) is 8.57. The Morgan fingerprint density at radius 2 is 1.61 bits per heavy atom. The molecule has 23 heavy (non-hydrogen) atoms. The van der Waals surface area contributed by atoms with E-state index in [1.54, 1.807) is 0 Å². The van der Waals surface area contributed by atoms with Gasteiger partial charge in [-0.3, -0.25) is 0 Å². The Morgan fingerprint density at radius 1 is 0.957 bits per heavy atom. The lowest BCUT2D eigenvalue weighted by Crippen LogP contribution is -2.37. The van der Waals surface area contributed by atoms with E-state index in [9.17, 15) is 0 Å². The zero-order valence-electron chi connectivity index (χ0n) is 13.7. The van der Waals surface area contributed by atoms with E-state index in [-0.39, 0.29) is 17.3 Å². The fraction of sp³-hybridized carbons (Fsp3) is 0.429.